The molecule has 7 nitrogen and oxygen atoms in total. The van der Waals surface area contributed by atoms with E-state index in [9.17, 15) is 18.0 Å². The van der Waals surface area contributed by atoms with E-state index < -0.39 is 11.7 Å². The molecule has 1 amide bonds. The summed E-state index contributed by atoms with van der Waals surface area (Å²) in [6.07, 6.45) is 1.43. The van der Waals surface area contributed by atoms with Crippen LogP contribution in [-0.4, -0.2) is 41.4 Å². The van der Waals surface area contributed by atoms with Crippen molar-refractivity contribution in [3.8, 4) is 0 Å². The van der Waals surface area contributed by atoms with Gasteiger partial charge in [-0.15, -0.1) is 0 Å². The van der Waals surface area contributed by atoms with Crippen molar-refractivity contribution in [1.29, 1.82) is 0 Å². The molecule has 1 aliphatic heterocycles. The molecule has 0 unspecified atom stereocenters. The number of carbonyl (C=O) groups excluding carboxylic acids is 1. The number of anilines is 1. The Bertz CT molecular complexity index is 1200. The van der Waals surface area contributed by atoms with Gasteiger partial charge in [-0.2, -0.15) is 18.3 Å². The van der Waals surface area contributed by atoms with Gasteiger partial charge < -0.3 is 14.4 Å². The van der Waals surface area contributed by atoms with Gasteiger partial charge in [0.2, 0.25) is 11.8 Å². The van der Waals surface area contributed by atoms with Crippen LogP contribution in [0, 0.1) is 0 Å². The number of halogens is 3. The number of benzene rings is 1. The number of carbonyl (C=O) groups is 1. The lowest BCUT2D eigenvalue weighted by Gasteiger charge is -2.16. The van der Waals surface area contributed by atoms with Crippen LogP contribution in [0.4, 0.5) is 18.9 Å². The third-order valence-corrected chi connectivity index (χ3v) is 5.67. The van der Waals surface area contributed by atoms with Crippen LogP contribution < -0.4 is 4.90 Å². The normalized spacial score (nSPS) is 15.4. The molecule has 2 aromatic rings. The Morgan fingerprint density at radius 1 is 1.31 bits per heavy atom. The summed E-state index contributed by atoms with van der Waals surface area (Å²) in [7, 11) is 3.23. The molecule has 1 aromatic carbocycles. The number of hydrogen-bond donors (Lipinski definition) is 0. The van der Waals surface area contributed by atoms with E-state index in [0.29, 0.717) is 36.7 Å². The van der Waals surface area contributed by atoms with E-state index >= 15 is 0 Å². The zero-order valence-electron chi connectivity index (χ0n) is 20.5. The predicted octanol–water partition coefficient (Wildman–Crippen LogP) is 5.24. The number of rotatable bonds is 9. The fraction of sp³-hybridized carbons (Fsp3) is 0.346. The van der Waals surface area contributed by atoms with Gasteiger partial charge in [-0.1, -0.05) is 24.8 Å². The van der Waals surface area contributed by atoms with Crippen molar-refractivity contribution in [1.82, 2.24) is 9.78 Å². The quantitative estimate of drug-likeness (QED) is 0.204. The molecule has 3 rings (SSSR count). The zero-order chi connectivity index (χ0) is 26.3. The summed E-state index contributed by atoms with van der Waals surface area (Å²) in [5.74, 6) is 0.749. The minimum absolute atomic E-state index is 0.0480. The standard InChI is InChI=1S/C26H29F3N4O3/c1-5-20(26(27,28)29)12-11-18(2)36-17-23-22(16-31-32(23)3)25(35-4)30-15-19-8-6-9-21(14-19)33-13-7-10-24(33)34/h5-6,8-9,11-12,14,16H,1,7,10,13,15,17H2,2-4H3/b18-11+,20-12+,30-25?. The molecular formula is C26H29F3N4O3. The summed E-state index contributed by atoms with van der Waals surface area (Å²) < 4.78 is 51.4. The van der Waals surface area contributed by atoms with Crippen molar-refractivity contribution in [3.63, 3.8) is 0 Å². The van der Waals surface area contributed by atoms with Crippen molar-refractivity contribution in [3.05, 3.63) is 83.4 Å². The van der Waals surface area contributed by atoms with Crippen LogP contribution in [0.5, 0.6) is 0 Å². The van der Waals surface area contributed by atoms with E-state index in [0.717, 1.165) is 29.8 Å². The maximum absolute atomic E-state index is 12.9. The second-order valence-electron chi connectivity index (χ2n) is 8.16. The Balaban J connectivity index is 1.74. The molecule has 10 heteroatoms. The number of ether oxygens (including phenoxy) is 2. The molecule has 0 aliphatic carbocycles. The number of allylic oxidation sites excluding steroid dienone is 5. The largest absolute Gasteiger partial charge is 0.492 e. The first-order valence-electron chi connectivity index (χ1n) is 11.3. The number of nitrogens with zero attached hydrogens (tertiary/aromatic N) is 4. The number of methoxy groups -OCH3 is 1. The molecule has 1 aromatic heterocycles. The molecule has 1 aliphatic rings. The van der Waals surface area contributed by atoms with Crippen LogP contribution in [-0.2, 0) is 34.5 Å². The number of aryl methyl sites for hydroxylation is 1. The molecule has 1 saturated heterocycles. The zero-order valence-corrected chi connectivity index (χ0v) is 20.5. The van der Waals surface area contributed by atoms with Gasteiger partial charge in [0.05, 0.1) is 42.4 Å². The van der Waals surface area contributed by atoms with Crippen LogP contribution >= 0.6 is 0 Å². The molecule has 0 atom stereocenters. The molecule has 0 bridgehead atoms. The monoisotopic (exact) mass is 502 g/mol. The summed E-state index contributed by atoms with van der Waals surface area (Å²) in [4.78, 5) is 18.4. The van der Waals surface area contributed by atoms with Gasteiger partial charge in [0.15, 0.2) is 0 Å². The topological polar surface area (TPSA) is 68.9 Å². The van der Waals surface area contributed by atoms with Crippen LogP contribution in [0.1, 0.15) is 36.6 Å². The Hall–Kier alpha value is -3.82. The second kappa shape index (κ2) is 11.7. The van der Waals surface area contributed by atoms with Gasteiger partial charge in [-0.3, -0.25) is 9.48 Å². The van der Waals surface area contributed by atoms with Crippen molar-refractivity contribution in [2.24, 2.45) is 12.0 Å². The first kappa shape index (κ1) is 26.8. The number of amides is 1. The van der Waals surface area contributed by atoms with E-state index in [1.807, 2.05) is 24.3 Å². The fourth-order valence-electron chi connectivity index (χ4n) is 3.70. The van der Waals surface area contributed by atoms with Crippen molar-refractivity contribution in [2.45, 2.75) is 39.1 Å². The number of aromatic nitrogens is 2. The Morgan fingerprint density at radius 2 is 2.08 bits per heavy atom. The van der Waals surface area contributed by atoms with E-state index in [-0.39, 0.29) is 18.3 Å². The highest BCUT2D eigenvalue weighted by Gasteiger charge is 2.30. The molecule has 0 N–H and O–H groups in total. The molecular weight excluding hydrogens is 473 g/mol. The van der Waals surface area contributed by atoms with Gasteiger partial charge in [0.1, 0.15) is 6.61 Å². The van der Waals surface area contributed by atoms with Crippen LogP contribution in [0.25, 0.3) is 0 Å². The minimum Gasteiger partial charge on any atom is -0.492 e. The lowest BCUT2D eigenvalue weighted by atomic mass is 10.2. The fourth-order valence-corrected chi connectivity index (χ4v) is 3.70. The van der Waals surface area contributed by atoms with Crippen molar-refractivity contribution < 1.29 is 27.4 Å². The molecule has 0 radical (unpaired) electrons. The Kier molecular flexibility index (Phi) is 8.73. The van der Waals surface area contributed by atoms with Crippen LogP contribution in [0.2, 0.25) is 0 Å². The van der Waals surface area contributed by atoms with Crippen molar-refractivity contribution in [2.75, 3.05) is 18.6 Å². The van der Waals surface area contributed by atoms with Gasteiger partial charge in [0, 0.05) is 25.7 Å². The summed E-state index contributed by atoms with van der Waals surface area (Å²) in [6, 6.07) is 7.66. The predicted molar refractivity (Wildman–Crippen MR) is 131 cm³/mol. The highest BCUT2D eigenvalue weighted by molar-refractivity contribution is 5.96. The first-order chi connectivity index (χ1) is 17.1. The number of alkyl halides is 3. The molecule has 2 heterocycles. The SMILES string of the molecule is C=C/C(=C\C=C(/C)OCc1c(C(=NCc2cccc(N3CCCC3=O)c2)OC)cnn1C)C(F)(F)F. The van der Waals surface area contributed by atoms with Crippen LogP contribution in [0.15, 0.2) is 71.6 Å². The van der Waals surface area contributed by atoms with E-state index in [4.69, 9.17) is 9.47 Å². The Morgan fingerprint density at radius 3 is 2.72 bits per heavy atom. The maximum Gasteiger partial charge on any atom is 0.416 e. The lowest BCUT2D eigenvalue weighted by molar-refractivity contribution is -0.117. The lowest BCUT2D eigenvalue weighted by Crippen LogP contribution is -2.23. The number of hydrogen-bond acceptors (Lipinski definition) is 5. The maximum atomic E-state index is 12.9. The summed E-state index contributed by atoms with van der Waals surface area (Å²) in [6.45, 7) is 5.84. The van der Waals surface area contributed by atoms with Gasteiger partial charge >= 0.3 is 6.18 Å². The van der Waals surface area contributed by atoms with Crippen molar-refractivity contribution >= 4 is 17.5 Å². The smallest absolute Gasteiger partial charge is 0.416 e. The third kappa shape index (κ3) is 6.65. The summed E-state index contributed by atoms with van der Waals surface area (Å²) in [5.41, 5.74) is 2.15. The molecule has 1 fully saturated rings. The third-order valence-electron chi connectivity index (χ3n) is 5.67. The van der Waals surface area contributed by atoms with Gasteiger partial charge in [-0.05, 0) is 43.2 Å². The summed E-state index contributed by atoms with van der Waals surface area (Å²) >= 11 is 0. The minimum atomic E-state index is -4.49. The van der Waals surface area contributed by atoms with Gasteiger partial charge in [0.25, 0.3) is 0 Å². The first-order valence-corrected chi connectivity index (χ1v) is 11.3. The molecule has 0 saturated carbocycles. The molecule has 192 valence electrons. The van der Waals surface area contributed by atoms with E-state index in [2.05, 4.69) is 16.7 Å². The second-order valence-corrected chi connectivity index (χ2v) is 8.16. The number of aliphatic imine (C=N–C) groups is 1. The average molecular weight is 503 g/mol. The highest BCUT2D eigenvalue weighted by atomic mass is 19.4. The molecule has 0 spiro atoms. The summed E-state index contributed by atoms with van der Waals surface area (Å²) in [5, 5.41) is 4.25. The van der Waals surface area contributed by atoms with Crippen LogP contribution in [0.3, 0.4) is 0 Å². The van der Waals surface area contributed by atoms with E-state index in [1.165, 1.54) is 13.2 Å². The van der Waals surface area contributed by atoms with Gasteiger partial charge in [-0.25, -0.2) is 4.99 Å². The highest BCUT2D eigenvalue weighted by Crippen LogP contribution is 2.26. The Labute approximate surface area is 208 Å². The molecule has 36 heavy (non-hydrogen) atoms. The van der Waals surface area contributed by atoms with E-state index in [1.54, 1.807) is 29.7 Å². The average Bonchev–Trinajstić information content (AvgIpc) is 3.43.